The van der Waals surface area contributed by atoms with Gasteiger partial charge in [0.25, 0.3) is 5.92 Å². The number of anilines is 1. The molecule has 7 heteroatoms. The average molecular weight is 301 g/mol. The summed E-state index contributed by atoms with van der Waals surface area (Å²) < 4.78 is 26.2. The highest BCUT2D eigenvalue weighted by atomic mass is 32.1. The Bertz CT molecular complexity index is 470. The summed E-state index contributed by atoms with van der Waals surface area (Å²) in [6.45, 7) is 1.83. The van der Waals surface area contributed by atoms with E-state index in [1.165, 1.54) is 0 Å². The van der Waals surface area contributed by atoms with E-state index in [-0.39, 0.29) is 37.8 Å². The molecule has 0 aromatic carbocycles. The molecule has 2 aliphatic heterocycles. The molecule has 2 saturated heterocycles. The molecule has 4 nitrogen and oxygen atoms in total. The number of carbonyl (C=O) groups excluding carboxylic acids is 1. The molecule has 0 bridgehead atoms. The quantitative estimate of drug-likeness (QED) is 0.840. The lowest BCUT2D eigenvalue weighted by molar-refractivity contribution is -0.140. The summed E-state index contributed by atoms with van der Waals surface area (Å²) in [4.78, 5) is 20.3. The van der Waals surface area contributed by atoms with E-state index in [1.807, 2.05) is 5.38 Å². The topological polar surface area (TPSA) is 36.4 Å². The van der Waals surface area contributed by atoms with Crippen molar-refractivity contribution < 1.29 is 13.6 Å². The molecular weight excluding hydrogens is 284 g/mol. The lowest BCUT2D eigenvalue weighted by Crippen LogP contribution is -2.45. The van der Waals surface area contributed by atoms with Crippen LogP contribution in [0.15, 0.2) is 11.6 Å². The van der Waals surface area contributed by atoms with Crippen molar-refractivity contribution in [1.29, 1.82) is 0 Å². The molecule has 0 N–H and O–H groups in total. The predicted molar refractivity (Wildman–Crippen MR) is 73.2 cm³/mol. The van der Waals surface area contributed by atoms with Gasteiger partial charge in [-0.25, -0.2) is 13.8 Å². The molecule has 1 aromatic heterocycles. The third kappa shape index (κ3) is 2.77. The number of rotatable bonds is 2. The Morgan fingerprint density at radius 2 is 2.10 bits per heavy atom. The molecule has 2 fully saturated rings. The molecule has 1 amide bonds. The first-order chi connectivity index (χ1) is 9.55. The molecule has 20 heavy (non-hydrogen) atoms. The van der Waals surface area contributed by atoms with Gasteiger partial charge in [-0.2, -0.15) is 0 Å². The maximum atomic E-state index is 13.1. The van der Waals surface area contributed by atoms with Crippen LogP contribution in [0, 0.1) is 5.92 Å². The summed E-state index contributed by atoms with van der Waals surface area (Å²) in [5.41, 5.74) is 0. The van der Waals surface area contributed by atoms with Crippen molar-refractivity contribution in [2.75, 3.05) is 31.1 Å². The molecule has 3 heterocycles. The van der Waals surface area contributed by atoms with Gasteiger partial charge in [0, 0.05) is 50.6 Å². The van der Waals surface area contributed by atoms with Crippen LogP contribution in [-0.4, -0.2) is 47.9 Å². The Kier molecular flexibility index (Phi) is 3.62. The Hall–Kier alpha value is -1.24. The number of hydrogen-bond donors (Lipinski definition) is 0. The largest absolute Gasteiger partial charge is 0.347 e. The molecule has 1 atom stereocenters. The molecule has 0 spiro atoms. The molecule has 110 valence electrons. The minimum absolute atomic E-state index is 0.0274. The number of thiazole rings is 1. The van der Waals surface area contributed by atoms with Crippen LogP contribution in [0.3, 0.4) is 0 Å². The number of nitrogens with zero attached hydrogens (tertiary/aromatic N) is 3. The Morgan fingerprint density at radius 3 is 2.75 bits per heavy atom. The number of piperidine rings is 1. The van der Waals surface area contributed by atoms with E-state index >= 15 is 0 Å². The first-order valence-corrected chi connectivity index (χ1v) is 7.74. The zero-order valence-corrected chi connectivity index (χ0v) is 11.9. The van der Waals surface area contributed by atoms with Crippen LogP contribution >= 0.6 is 11.3 Å². The van der Waals surface area contributed by atoms with E-state index in [0.717, 1.165) is 18.1 Å². The van der Waals surface area contributed by atoms with Gasteiger partial charge in [-0.15, -0.1) is 11.3 Å². The van der Waals surface area contributed by atoms with E-state index < -0.39 is 5.92 Å². The van der Waals surface area contributed by atoms with Crippen LogP contribution in [0.1, 0.15) is 19.3 Å². The first kappa shape index (κ1) is 13.7. The van der Waals surface area contributed by atoms with Gasteiger partial charge in [0.05, 0.1) is 5.92 Å². The highest BCUT2D eigenvalue weighted by Gasteiger charge is 2.39. The number of alkyl halides is 2. The van der Waals surface area contributed by atoms with E-state index in [4.69, 9.17) is 0 Å². The van der Waals surface area contributed by atoms with E-state index in [9.17, 15) is 13.6 Å². The van der Waals surface area contributed by atoms with Crippen molar-refractivity contribution in [1.82, 2.24) is 9.88 Å². The molecule has 1 aromatic rings. The van der Waals surface area contributed by atoms with E-state index in [1.54, 1.807) is 22.4 Å². The van der Waals surface area contributed by atoms with Gasteiger partial charge < -0.3 is 9.80 Å². The van der Waals surface area contributed by atoms with Gasteiger partial charge in [0.2, 0.25) is 5.91 Å². The van der Waals surface area contributed by atoms with Crippen LogP contribution in [0.4, 0.5) is 13.9 Å². The second-order valence-electron chi connectivity index (χ2n) is 5.43. The van der Waals surface area contributed by atoms with Gasteiger partial charge in [-0.1, -0.05) is 0 Å². The summed E-state index contributed by atoms with van der Waals surface area (Å²) >= 11 is 1.56. The Balaban J connectivity index is 1.57. The molecular formula is C13H17F2N3OS. The smallest absolute Gasteiger partial charge is 0.251 e. The molecule has 0 radical (unpaired) electrons. The number of carbonyl (C=O) groups is 1. The number of amides is 1. The SMILES string of the molecule is O=C(C1CCN(c2nccs2)C1)N1CCC(F)(F)CC1. The Morgan fingerprint density at radius 1 is 1.35 bits per heavy atom. The third-order valence-corrected chi connectivity index (χ3v) is 4.87. The first-order valence-electron chi connectivity index (χ1n) is 6.86. The van der Waals surface area contributed by atoms with Crippen LogP contribution in [-0.2, 0) is 4.79 Å². The second-order valence-corrected chi connectivity index (χ2v) is 6.30. The van der Waals surface area contributed by atoms with Crippen LogP contribution in [0.2, 0.25) is 0 Å². The summed E-state index contributed by atoms with van der Waals surface area (Å²) in [7, 11) is 0. The summed E-state index contributed by atoms with van der Waals surface area (Å²) in [5.74, 6) is -2.65. The minimum atomic E-state index is -2.60. The highest BCUT2D eigenvalue weighted by Crippen LogP contribution is 2.31. The van der Waals surface area contributed by atoms with Crippen molar-refractivity contribution in [2.45, 2.75) is 25.2 Å². The van der Waals surface area contributed by atoms with Crippen molar-refractivity contribution in [3.63, 3.8) is 0 Å². The fraction of sp³-hybridized carbons (Fsp3) is 0.692. The Labute approximate surface area is 120 Å². The van der Waals surface area contributed by atoms with Gasteiger partial charge in [0.1, 0.15) is 0 Å². The van der Waals surface area contributed by atoms with Crippen LogP contribution in [0.25, 0.3) is 0 Å². The molecule has 2 aliphatic rings. The number of halogens is 2. The molecule has 0 saturated carbocycles. The zero-order chi connectivity index (χ0) is 14.2. The van der Waals surface area contributed by atoms with Crippen molar-refractivity contribution in [2.24, 2.45) is 5.92 Å². The minimum Gasteiger partial charge on any atom is -0.347 e. The zero-order valence-electron chi connectivity index (χ0n) is 11.1. The molecule has 1 unspecified atom stereocenters. The normalized spacial score (nSPS) is 26.0. The van der Waals surface area contributed by atoms with Gasteiger partial charge >= 0.3 is 0 Å². The highest BCUT2D eigenvalue weighted by molar-refractivity contribution is 7.13. The standard InChI is InChI=1S/C13H17F2N3OS/c14-13(15)2-6-17(7-3-13)11(19)10-1-5-18(9-10)12-16-4-8-20-12/h4,8,10H,1-3,5-7,9H2. The number of hydrogen-bond acceptors (Lipinski definition) is 4. The summed E-state index contributed by atoms with van der Waals surface area (Å²) in [6, 6.07) is 0. The average Bonchev–Trinajstić information content (AvgIpc) is 3.09. The molecule has 0 aliphatic carbocycles. The molecule has 3 rings (SSSR count). The maximum Gasteiger partial charge on any atom is 0.251 e. The fourth-order valence-electron chi connectivity index (χ4n) is 2.82. The van der Waals surface area contributed by atoms with Gasteiger partial charge in [-0.05, 0) is 6.42 Å². The second kappa shape index (κ2) is 5.27. The predicted octanol–water partition coefficient (Wildman–Crippen LogP) is 2.23. The number of likely N-dealkylation sites (tertiary alicyclic amines) is 1. The van der Waals surface area contributed by atoms with Crippen LogP contribution < -0.4 is 4.90 Å². The summed E-state index contributed by atoms with van der Waals surface area (Å²) in [6.07, 6.45) is 2.12. The van der Waals surface area contributed by atoms with E-state index in [0.29, 0.717) is 6.54 Å². The fourth-order valence-corrected chi connectivity index (χ4v) is 3.50. The van der Waals surface area contributed by atoms with Gasteiger partial charge in [0.15, 0.2) is 5.13 Å². The lowest BCUT2D eigenvalue weighted by atomic mass is 10.0. The van der Waals surface area contributed by atoms with Crippen LogP contribution in [0.5, 0.6) is 0 Å². The van der Waals surface area contributed by atoms with Gasteiger partial charge in [-0.3, -0.25) is 4.79 Å². The van der Waals surface area contributed by atoms with Crippen molar-refractivity contribution in [3.8, 4) is 0 Å². The lowest BCUT2D eigenvalue weighted by Gasteiger charge is -2.33. The summed E-state index contributed by atoms with van der Waals surface area (Å²) in [5, 5.41) is 2.85. The maximum absolute atomic E-state index is 13.1. The number of aromatic nitrogens is 1. The van der Waals surface area contributed by atoms with Crippen molar-refractivity contribution in [3.05, 3.63) is 11.6 Å². The van der Waals surface area contributed by atoms with E-state index in [2.05, 4.69) is 9.88 Å². The monoisotopic (exact) mass is 301 g/mol. The third-order valence-electron chi connectivity index (χ3n) is 4.03. The van der Waals surface area contributed by atoms with Crippen molar-refractivity contribution >= 4 is 22.4 Å².